The Bertz CT molecular complexity index is 900. The van der Waals surface area contributed by atoms with E-state index in [1.807, 2.05) is 0 Å². The Hall–Kier alpha value is -2.39. The average Bonchev–Trinajstić information content (AvgIpc) is 3.16. The maximum atomic E-state index is 12.8. The maximum Gasteiger partial charge on any atom is 0.387 e. The summed E-state index contributed by atoms with van der Waals surface area (Å²) in [6.45, 7) is -1.47. The number of ether oxygens (including phenoxy) is 2. The lowest BCUT2D eigenvalue weighted by molar-refractivity contribution is -0.0493. The molecule has 0 amide bonds. The summed E-state index contributed by atoms with van der Waals surface area (Å²) < 4.78 is 62.7. The number of alkyl halides is 2. The summed E-state index contributed by atoms with van der Waals surface area (Å²) in [6, 6.07) is 10.2. The molecule has 27 heavy (non-hydrogen) atoms. The Labute approximate surface area is 156 Å². The van der Waals surface area contributed by atoms with Crippen LogP contribution in [0.3, 0.4) is 0 Å². The Morgan fingerprint density at radius 2 is 1.96 bits per heavy atom. The Kier molecular flexibility index (Phi) is 5.81. The lowest BCUT2D eigenvalue weighted by Crippen LogP contribution is -2.16. The van der Waals surface area contributed by atoms with Gasteiger partial charge in [-0.05, 0) is 48.9 Å². The van der Waals surface area contributed by atoms with Crippen molar-refractivity contribution in [2.75, 3.05) is 24.9 Å². The third kappa shape index (κ3) is 4.48. The fourth-order valence-electron chi connectivity index (χ4n) is 3.07. The number of para-hydroxylation sites is 2. The molecule has 3 rings (SSSR count). The molecular weight excluding hydrogens is 378 g/mol. The summed E-state index contributed by atoms with van der Waals surface area (Å²) in [5.41, 5.74) is 0.736. The van der Waals surface area contributed by atoms with Crippen molar-refractivity contribution < 1.29 is 26.7 Å². The Morgan fingerprint density at radius 3 is 2.63 bits per heavy atom. The van der Waals surface area contributed by atoms with E-state index in [1.165, 1.54) is 37.4 Å². The van der Waals surface area contributed by atoms with Gasteiger partial charge in [-0.3, -0.25) is 4.72 Å². The van der Waals surface area contributed by atoms with Crippen LogP contribution in [0.15, 0.2) is 47.4 Å². The minimum atomic E-state index is -4.00. The highest BCUT2D eigenvalue weighted by molar-refractivity contribution is 7.92. The third-order valence-electron chi connectivity index (χ3n) is 4.36. The van der Waals surface area contributed by atoms with E-state index in [9.17, 15) is 17.2 Å². The molecule has 9 heteroatoms. The topological polar surface area (TPSA) is 76.7 Å². The molecular formula is C18H20F2N2O4S. The van der Waals surface area contributed by atoms with E-state index in [4.69, 9.17) is 4.74 Å². The molecule has 0 aromatic heterocycles. The van der Waals surface area contributed by atoms with Crippen LogP contribution in [0, 0.1) is 0 Å². The van der Waals surface area contributed by atoms with E-state index in [0.717, 1.165) is 25.1 Å². The second-order valence-electron chi connectivity index (χ2n) is 6.07. The first-order valence-corrected chi connectivity index (χ1v) is 9.84. The molecule has 2 N–H and O–H groups in total. The van der Waals surface area contributed by atoms with Crippen molar-refractivity contribution in [1.82, 2.24) is 5.32 Å². The van der Waals surface area contributed by atoms with Gasteiger partial charge in [0.05, 0.1) is 17.7 Å². The molecule has 146 valence electrons. The largest absolute Gasteiger partial charge is 0.496 e. The van der Waals surface area contributed by atoms with Gasteiger partial charge in [-0.15, -0.1) is 0 Å². The summed E-state index contributed by atoms with van der Waals surface area (Å²) >= 11 is 0. The first kappa shape index (κ1) is 19.4. The molecule has 1 aliphatic rings. The van der Waals surface area contributed by atoms with Crippen molar-refractivity contribution in [3.05, 3.63) is 48.0 Å². The van der Waals surface area contributed by atoms with Gasteiger partial charge in [-0.25, -0.2) is 8.42 Å². The zero-order chi connectivity index (χ0) is 19.4. The average molecular weight is 398 g/mol. The molecule has 1 heterocycles. The lowest BCUT2D eigenvalue weighted by Gasteiger charge is -2.17. The van der Waals surface area contributed by atoms with Crippen molar-refractivity contribution in [2.24, 2.45) is 0 Å². The fourth-order valence-corrected chi connectivity index (χ4v) is 4.18. The monoisotopic (exact) mass is 398 g/mol. The molecule has 0 saturated carbocycles. The highest BCUT2D eigenvalue weighted by Crippen LogP contribution is 2.34. The smallest absolute Gasteiger partial charge is 0.387 e. The van der Waals surface area contributed by atoms with Crippen molar-refractivity contribution in [1.29, 1.82) is 0 Å². The molecule has 6 nitrogen and oxygen atoms in total. The first-order valence-electron chi connectivity index (χ1n) is 8.36. The molecule has 0 radical (unpaired) electrons. The standard InChI is InChI=1S/C18H20F2N2O4S/c1-25-16-7-6-13(10-14(16)12-8-9-21-11-12)27(23,24)22-15-4-2-3-5-17(15)26-18(19)20/h2-7,10,12,18,21-22H,8-9,11H2,1H3. The van der Waals surface area contributed by atoms with Crippen LogP contribution < -0.4 is 19.5 Å². The molecule has 1 aliphatic heterocycles. The minimum Gasteiger partial charge on any atom is -0.496 e. The number of halogens is 2. The number of methoxy groups -OCH3 is 1. The molecule has 1 fully saturated rings. The van der Waals surface area contributed by atoms with Crippen LogP contribution in [0.1, 0.15) is 17.9 Å². The van der Waals surface area contributed by atoms with E-state index in [-0.39, 0.29) is 22.3 Å². The van der Waals surface area contributed by atoms with Crippen LogP contribution in [0.25, 0.3) is 0 Å². The van der Waals surface area contributed by atoms with Crippen LogP contribution in [-0.4, -0.2) is 35.2 Å². The zero-order valence-corrected chi connectivity index (χ0v) is 15.4. The van der Waals surface area contributed by atoms with Gasteiger partial charge in [0.2, 0.25) is 0 Å². The molecule has 0 spiro atoms. The fraction of sp³-hybridized carbons (Fsp3) is 0.333. The number of hydrogen-bond donors (Lipinski definition) is 2. The van der Waals surface area contributed by atoms with E-state index < -0.39 is 16.6 Å². The van der Waals surface area contributed by atoms with E-state index in [1.54, 1.807) is 12.1 Å². The van der Waals surface area contributed by atoms with Crippen molar-refractivity contribution in [3.8, 4) is 11.5 Å². The lowest BCUT2D eigenvalue weighted by atomic mass is 9.97. The minimum absolute atomic E-state index is 0.0250. The first-order chi connectivity index (χ1) is 12.9. The second-order valence-corrected chi connectivity index (χ2v) is 7.76. The number of anilines is 1. The number of nitrogens with one attached hydrogen (secondary N) is 2. The van der Waals surface area contributed by atoms with Crippen LogP contribution in [0.4, 0.5) is 14.5 Å². The quantitative estimate of drug-likeness (QED) is 0.749. The van der Waals surface area contributed by atoms with Crippen LogP contribution in [0.5, 0.6) is 11.5 Å². The Balaban J connectivity index is 1.93. The van der Waals surface area contributed by atoms with Gasteiger partial charge in [0.25, 0.3) is 10.0 Å². The summed E-state index contributed by atoms with van der Waals surface area (Å²) in [5, 5.41) is 3.24. The molecule has 1 saturated heterocycles. The van der Waals surface area contributed by atoms with Crippen LogP contribution in [0.2, 0.25) is 0 Å². The summed E-state index contributed by atoms with van der Waals surface area (Å²) in [6.07, 6.45) is 0.873. The molecule has 1 unspecified atom stereocenters. The molecule has 2 aromatic carbocycles. The van der Waals surface area contributed by atoms with E-state index >= 15 is 0 Å². The highest BCUT2D eigenvalue weighted by atomic mass is 32.2. The number of hydrogen-bond acceptors (Lipinski definition) is 5. The van der Waals surface area contributed by atoms with Crippen molar-refractivity contribution >= 4 is 15.7 Å². The van der Waals surface area contributed by atoms with E-state index in [0.29, 0.717) is 5.75 Å². The van der Waals surface area contributed by atoms with Gasteiger partial charge in [0.15, 0.2) is 0 Å². The van der Waals surface area contributed by atoms with Gasteiger partial charge in [-0.2, -0.15) is 8.78 Å². The molecule has 2 aromatic rings. The van der Waals surface area contributed by atoms with Gasteiger partial charge >= 0.3 is 6.61 Å². The predicted octanol–water partition coefficient (Wildman–Crippen LogP) is 3.17. The molecule has 0 bridgehead atoms. The number of sulfonamides is 1. The van der Waals surface area contributed by atoms with Crippen LogP contribution >= 0.6 is 0 Å². The van der Waals surface area contributed by atoms with Gasteiger partial charge in [0, 0.05) is 12.5 Å². The number of benzene rings is 2. The highest BCUT2D eigenvalue weighted by Gasteiger charge is 2.24. The van der Waals surface area contributed by atoms with Crippen molar-refractivity contribution in [2.45, 2.75) is 23.8 Å². The van der Waals surface area contributed by atoms with E-state index in [2.05, 4.69) is 14.8 Å². The van der Waals surface area contributed by atoms with Crippen LogP contribution in [-0.2, 0) is 10.0 Å². The summed E-state index contributed by atoms with van der Waals surface area (Å²) in [4.78, 5) is 0.0250. The van der Waals surface area contributed by atoms with Gasteiger partial charge in [-0.1, -0.05) is 12.1 Å². The summed E-state index contributed by atoms with van der Waals surface area (Å²) in [5.74, 6) is 0.512. The molecule has 1 atom stereocenters. The Morgan fingerprint density at radius 1 is 1.19 bits per heavy atom. The predicted molar refractivity (Wildman–Crippen MR) is 97.1 cm³/mol. The maximum absolute atomic E-state index is 12.8. The third-order valence-corrected chi connectivity index (χ3v) is 5.72. The summed E-state index contributed by atoms with van der Waals surface area (Å²) in [7, 11) is -2.47. The van der Waals surface area contributed by atoms with Crippen molar-refractivity contribution in [3.63, 3.8) is 0 Å². The SMILES string of the molecule is COc1ccc(S(=O)(=O)Nc2ccccc2OC(F)F)cc1C1CCNC1. The number of rotatable bonds is 7. The van der Waals surface area contributed by atoms with Gasteiger partial charge < -0.3 is 14.8 Å². The zero-order valence-electron chi connectivity index (χ0n) is 14.6. The normalized spacial score (nSPS) is 17.1. The van der Waals surface area contributed by atoms with Gasteiger partial charge in [0.1, 0.15) is 11.5 Å². The second kappa shape index (κ2) is 8.10. The molecule has 0 aliphatic carbocycles.